The van der Waals surface area contributed by atoms with Gasteiger partial charge in [-0.05, 0) is 19.4 Å². The van der Waals surface area contributed by atoms with Crippen LogP contribution in [0.4, 0.5) is 0 Å². The predicted octanol–water partition coefficient (Wildman–Crippen LogP) is 1.96. The minimum atomic E-state index is -0.599. The number of aliphatic hydroxyl groups is 1. The highest BCUT2D eigenvalue weighted by Gasteiger charge is 2.18. The number of ether oxygens (including phenoxy) is 3. The van der Waals surface area contributed by atoms with Crippen LogP contribution >= 0.6 is 0 Å². The highest BCUT2D eigenvalue weighted by Crippen LogP contribution is 2.07. The average molecular weight is 254 g/mol. The molecule has 4 heteroatoms. The van der Waals surface area contributed by atoms with Gasteiger partial charge in [-0.2, -0.15) is 0 Å². The maximum atomic E-state index is 9.59. The van der Waals surface area contributed by atoms with Gasteiger partial charge in [0.05, 0.1) is 19.3 Å². The summed E-state index contributed by atoms with van der Waals surface area (Å²) in [5.74, 6) is 0. The van der Waals surface area contributed by atoms with E-state index in [-0.39, 0.29) is 12.4 Å². The van der Waals surface area contributed by atoms with Gasteiger partial charge >= 0.3 is 0 Å². The summed E-state index contributed by atoms with van der Waals surface area (Å²) < 4.78 is 16.1. The van der Waals surface area contributed by atoms with Crippen LogP contribution in [0.1, 0.15) is 19.4 Å². The lowest BCUT2D eigenvalue weighted by Gasteiger charge is -2.23. The fraction of sp³-hybridized carbons (Fsp3) is 0.571. The molecule has 3 unspecified atom stereocenters. The first-order chi connectivity index (χ1) is 8.63. The molecule has 0 heterocycles. The van der Waals surface area contributed by atoms with Crippen molar-refractivity contribution in [1.82, 2.24) is 0 Å². The molecule has 1 aromatic carbocycles. The SMILES string of the molecule is COC(C)OC(COCc1ccccc1)C(C)O. The molecule has 0 aliphatic carbocycles. The molecule has 0 aliphatic heterocycles. The van der Waals surface area contributed by atoms with E-state index in [1.165, 1.54) is 0 Å². The minimum absolute atomic E-state index is 0.334. The second kappa shape index (κ2) is 8.21. The summed E-state index contributed by atoms with van der Waals surface area (Å²) >= 11 is 0. The lowest BCUT2D eigenvalue weighted by Crippen LogP contribution is -2.34. The van der Waals surface area contributed by atoms with Crippen molar-refractivity contribution >= 4 is 0 Å². The first kappa shape index (κ1) is 15.1. The monoisotopic (exact) mass is 254 g/mol. The standard InChI is InChI=1S/C14H22O4/c1-11(15)14(18-12(2)16-3)10-17-9-13-7-5-4-6-8-13/h4-8,11-12,14-15H,9-10H2,1-3H3. The lowest BCUT2D eigenvalue weighted by atomic mass is 10.2. The summed E-state index contributed by atoms with van der Waals surface area (Å²) in [6, 6.07) is 9.89. The first-order valence-corrected chi connectivity index (χ1v) is 6.11. The van der Waals surface area contributed by atoms with Crippen molar-refractivity contribution in [2.45, 2.75) is 39.0 Å². The Bertz CT molecular complexity index is 313. The summed E-state index contributed by atoms with van der Waals surface area (Å²) in [5.41, 5.74) is 1.10. The Morgan fingerprint density at radius 1 is 1.17 bits per heavy atom. The molecule has 4 nitrogen and oxygen atoms in total. The molecular weight excluding hydrogens is 232 g/mol. The Kier molecular flexibility index (Phi) is 6.90. The predicted molar refractivity (Wildman–Crippen MR) is 69.1 cm³/mol. The van der Waals surface area contributed by atoms with Gasteiger partial charge in [0.25, 0.3) is 0 Å². The second-order valence-electron chi connectivity index (χ2n) is 4.22. The summed E-state index contributed by atoms with van der Waals surface area (Å²) in [6.45, 7) is 4.31. The van der Waals surface area contributed by atoms with Crippen LogP contribution in [-0.2, 0) is 20.8 Å². The van der Waals surface area contributed by atoms with Crippen molar-refractivity contribution in [1.29, 1.82) is 0 Å². The van der Waals surface area contributed by atoms with E-state index in [2.05, 4.69) is 0 Å². The fourth-order valence-corrected chi connectivity index (χ4v) is 1.46. The first-order valence-electron chi connectivity index (χ1n) is 6.11. The quantitative estimate of drug-likeness (QED) is 0.720. The van der Waals surface area contributed by atoms with Crippen LogP contribution in [0, 0.1) is 0 Å². The molecule has 0 amide bonds. The Morgan fingerprint density at radius 3 is 2.39 bits per heavy atom. The summed E-state index contributed by atoms with van der Waals surface area (Å²) in [6.07, 6.45) is -1.34. The van der Waals surface area contributed by atoms with Crippen LogP contribution in [0.5, 0.6) is 0 Å². The van der Waals surface area contributed by atoms with E-state index in [1.54, 1.807) is 21.0 Å². The summed E-state index contributed by atoms with van der Waals surface area (Å²) in [7, 11) is 1.56. The Hall–Kier alpha value is -0.940. The van der Waals surface area contributed by atoms with E-state index < -0.39 is 6.10 Å². The number of aliphatic hydroxyl groups excluding tert-OH is 1. The molecule has 0 aliphatic rings. The van der Waals surface area contributed by atoms with Crippen molar-refractivity contribution in [2.75, 3.05) is 13.7 Å². The minimum Gasteiger partial charge on any atom is -0.391 e. The van der Waals surface area contributed by atoms with E-state index >= 15 is 0 Å². The number of benzene rings is 1. The van der Waals surface area contributed by atoms with Crippen LogP contribution < -0.4 is 0 Å². The molecule has 0 fully saturated rings. The topological polar surface area (TPSA) is 47.9 Å². The van der Waals surface area contributed by atoms with Crippen LogP contribution in [0.15, 0.2) is 30.3 Å². The molecule has 0 radical (unpaired) electrons. The van der Waals surface area contributed by atoms with E-state index in [9.17, 15) is 5.11 Å². The zero-order chi connectivity index (χ0) is 13.4. The zero-order valence-corrected chi connectivity index (χ0v) is 11.2. The molecule has 0 aromatic heterocycles. The Labute approximate surface area is 108 Å². The van der Waals surface area contributed by atoms with Crippen molar-refractivity contribution in [3.63, 3.8) is 0 Å². The van der Waals surface area contributed by atoms with Gasteiger partial charge in [0, 0.05) is 7.11 Å². The van der Waals surface area contributed by atoms with Gasteiger partial charge in [-0.3, -0.25) is 0 Å². The Morgan fingerprint density at radius 2 is 1.83 bits per heavy atom. The summed E-state index contributed by atoms with van der Waals surface area (Å²) in [5, 5.41) is 9.59. The van der Waals surface area contributed by atoms with Gasteiger partial charge in [-0.1, -0.05) is 30.3 Å². The summed E-state index contributed by atoms with van der Waals surface area (Å²) in [4.78, 5) is 0. The maximum Gasteiger partial charge on any atom is 0.155 e. The van der Waals surface area contributed by atoms with Crippen molar-refractivity contribution in [3.05, 3.63) is 35.9 Å². The van der Waals surface area contributed by atoms with Gasteiger partial charge in [0.2, 0.25) is 0 Å². The Balaban J connectivity index is 2.34. The molecular formula is C14H22O4. The largest absolute Gasteiger partial charge is 0.391 e. The number of hydrogen-bond donors (Lipinski definition) is 1. The van der Waals surface area contributed by atoms with Crippen LogP contribution in [0.2, 0.25) is 0 Å². The van der Waals surface area contributed by atoms with E-state index in [4.69, 9.17) is 14.2 Å². The molecule has 102 valence electrons. The number of methoxy groups -OCH3 is 1. The molecule has 0 saturated heterocycles. The molecule has 1 rings (SSSR count). The van der Waals surface area contributed by atoms with E-state index in [0.717, 1.165) is 5.56 Å². The number of rotatable bonds is 8. The molecule has 1 aromatic rings. The van der Waals surface area contributed by atoms with E-state index in [1.807, 2.05) is 30.3 Å². The maximum absolute atomic E-state index is 9.59. The molecule has 18 heavy (non-hydrogen) atoms. The zero-order valence-electron chi connectivity index (χ0n) is 11.2. The van der Waals surface area contributed by atoms with Gasteiger partial charge in [0.15, 0.2) is 6.29 Å². The van der Waals surface area contributed by atoms with Crippen molar-refractivity contribution in [3.8, 4) is 0 Å². The highest BCUT2D eigenvalue weighted by molar-refractivity contribution is 5.13. The smallest absolute Gasteiger partial charge is 0.155 e. The van der Waals surface area contributed by atoms with Gasteiger partial charge in [-0.25, -0.2) is 0 Å². The molecule has 3 atom stereocenters. The van der Waals surface area contributed by atoms with Gasteiger partial charge < -0.3 is 19.3 Å². The van der Waals surface area contributed by atoms with Crippen LogP contribution in [-0.4, -0.2) is 37.3 Å². The van der Waals surface area contributed by atoms with Gasteiger partial charge in [0.1, 0.15) is 6.10 Å². The third-order valence-electron chi connectivity index (χ3n) is 2.63. The second-order valence-corrected chi connectivity index (χ2v) is 4.22. The third kappa shape index (κ3) is 5.60. The molecule has 1 N–H and O–H groups in total. The van der Waals surface area contributed by atoms with E-state index in [0.29, 0.717) is 13.2 Å². The van der Waals surface area contributed by atoms with Crippen LogP contribution in [0.25, 0.3) is 0 Å². The van der Waals surface area contributed by atoms with Crippen molar-refractivity contribution < 1.29 is 19.3 Å². The lowest BCUT2D eigenvalue weighted by molar-refractivity contribution is -0.183. The number of hydrogen-bond acceptors (Lipinski definition) is 4. The molecule has 0 saturated carbocycles. The molecule has 0 bridgehead atoms. The normalized spacial score (nSPS) is 16.2. The highest BCUT2D eigenvalue weighted by atomic mass is 16.7. The fourth-order valence-electron chi connectivity index (χ4n) is 1.46. The average Bonchev–Trinajstić information content (AvgIpc) is 2.38. The third-order valence-corrected chi connectivity index (χ3v) is 2.63. The van der Waals surface area contributed by atoms with Crippen molar-refractivity contribution in [2.24, 2.45) is 0 Å². The molecule has 0 spiro atoms. The van der Waals surface area contributed by atoms with Crippen LogP contribution in [0.3, 0.4) is 0 Å². The van der Waals surface area contributed by atoms with Gasteiger partial charge in [-0.15, -0.1) is 0 Å².